The third-order valence-electron chi connectivity index (χ3n) is 1.40. The van der Waals surface area contributed by atoms with Crippen LogP contribution in [0, 0.1) is 5.41 Å². The Labute approximate surface area is 54.7 Å². The number of rotatable bonds is 0. The van der Waals surface area contributed by atoms with Crippen LogP contribution in [0.1, 0.15) is 6.42 Å². The first-order chi connectivity index (χ1) is 4.30. The van der Waals surface area contributed by atoms with Crippen LogP contribution < -0.4 is 10.6 Å². The van der Waals surface area contributed by atoms with Crippen LogP contribution in [0.15, 0.2) is 12.2 Å². The molecule has 0 atom stereocenters. The molecule has 0 bridgehead atoms. The zero-order valence-corrected chi connectivity index (χ0v) is 5.30. The number of nitrogens with one attached hydrogen (secondary N) is 1. The molecule has 9 heavy (non-hydrogen) atoms. The van der Waals surface area contributed by atoms with Gasteiger partial charge >= 0.3 is 5.96 Å². The lowest BCUT2D eigenvalue weighted by Gasteiger charge is -2.08. The van der Waals surface area contributed by atoms with Crippen LogP contribution in [0.4, 0.5) is 0 Å². The summed E-state index contributed by atoms with van der Waals surface area (Å²) in [4.78, 5) is 1.83. The predicted molar refractivity (Wildman–Crippen MR) is 37.5 cm³/mol. The van der Waals surface area contributed by atoms with Gasteiger partial charge in [-0.25, -0.2) is 5.41 Å². The maximum Gasteiger partial charge on any atom is 0.341 e. The first-order valence-corrected chi connectivity index (χ1v) is 3.04. The molecule has 0 fully saturated rings. The van der Waals surface area contributed by atoms with Crippen molar-refractivity contribution in [3.8, 4) is 0 Å². The number of nitrogens with zero attached hydrogens (tertiary/aromatic N) is 1. The minimum atomic E-state index is 0.180. The average molecular weight is 125 g/mol. The van der Waals surface area contributed by atoms with E-state index in [0.717, 1.165) is 19.5 Å². The zero-order valence-electron chi connectivity index (χ0n) is 5.30. The van der Waals surface area contributed by atoms with Gasteiger partial charge in [0.25, 0.3) is 0 Å². The molecule has 0 aliphatic carbocycles. The lowest BCUT2D eigenvalue weighted by atomic mass is 10.3. The fourth-order valence-corrected chi connectivity index (χ4v) is 0.860. The van der Waals surface area contributed by atoms with Crippen LogP contribution in [-0.2, 0) is 0 Å². The lowest BCUT2D eigenvalue weighted by Crippen LogP contribution is -2.43. The fraction of sp³-hybridized carbons (Fsp3) is 0.500. The summed E-state index contributed by atoms with van der Waals surface area (Å²) in [6.07, 6.45) is 5.16. The molecule has 1 rings (SSSR count). The highest BCUT2D eigenvalue weighted by Crippen LogP contribution is 1.95. The molecule has 0 amide bonds. The van der Waals surface area contributed by atoms with E-state index in [-0.39, 0.29) is 5.96 Å². The molecular weight excluding hydrogens is 114 g/mol. The summed E-state index contributed by atoms with van der Waals surface area (Å²) in [6.45, 7) is 1.70. The van der Waals surface area contributed by atoms with Crippen molar-refractivity contribution < 1.29 is 0 Å². The minimum absolute atomic E-state index is 0.180. The van der Waals surface area contributed by atoms with E-state index in [9.17, 15) is 0 Å². The van der Waals surface area contributed by atoms with Gasteiger partial charge in [-0.3, -0.25) is 0 Å². The van der Waals surface area contributed by atoms with Crippen LogP contribution in [0.2, 0.25) is 0 Å². The van der Waals surface area contributed by atoms with Gasteiger partial charge in [0.05, 0.1) is 0 Å². The van der Waals surface area contributed by atoms with E-state index in [2.05, 4.69) is 6.08 Å². The Balaban J connectivity index is 2.44. The van der Waals surface area contributed by atoms with Crippen LogP contribution in [-0.4, -0.2) is 19.0 Å². The highest BCUT2D eigenvalue weighted by atomic mass is 15.2. The van der Waals surface area contributed by atoms with E-state index >= 15 is 0 Å². The van der Waals surface area contributed by atoms with E-state index in [1.165, 1.54) is 0 Å². The Morgan fingerprint density at radius 3 is 2.67 bits per heavy atom. The molecule has 1 heterocycles. The SMILES string of the molecule is N=C(N)[N+]1CC=CCC1. The highest BCUT2D eigenvalue weighted by Gasteiger charge is 2.18. The molecule has 0 saturated heterocycles. The summed E-state index contributed by atoms with van der Waals surface area (Å²) in [5.74, 6) is 0.180. The molecule has 0 unspecified atom stereocenters. The lowest BCUT2D eigenvalue weighted by molar-refractivity contribution is 0.587. The fourth-order valence-electron chi connectivity index (χ4n) is 0.860. The molecule has 0 saturated carbocycles. The van der Waals surface area contributed by atoms with Crippen molar-refractivity contribution in [3.63, 3.8) is 0 Å². The number of hydrogen-bond donors (Lipinski definition) is 2. The van der Waals surface area contributed by atoms with Gasteiger partial charge in [0, 0.05) is 6.42 Å². The van der Waals surface area contributed by atoms with Crippen LogP contribution in [0.25, 0.3) is 0 Å². The molecule has 0 aromatic carbocycles. The maximum atomic E-state index is 7.06. The Morgan fingerprint density at radius 1 is 1.56 bits per heavy atom. The zero-order chi connectivity index (χ0) is 6.69. The number of guanidine groups is 1. The molecule has 49 valence electrons. The van der Waals surface area contributed by atoms with Crippen LogP contribution >= 0.6 is 0 Å². The Hall–Kier alpha value is -0.830. The van der Waals surface area contributed by atoms with Crippen molar-refractivity contribution in [2.45, 2.75) is 6.42 Å². The molecule has 3 nitrogen and oxygen atoms in total. The molecular formula is C6H11N3+. The second kappa shape index (κ2) is 2.64. The first kappa shape index (κ1) is 6.29. The second-order valence-electron chi connectivity index (χ2n) is 2.09. The molecule has 1 aliphatic rings. The topological polar surface area (TPSA) is 55.8 Å². The molecule has 3 heteroatoms. The van der Waals surface area contributed by atoms with Gasteiger partial charge in [0.1, 0.15) is 13.1 Å². The van der Waals surface area contributed by atoms with Crippen molar-refractivity contribution >= 4 is 5.96 Å². The van der Waals surface area contributed by atoms with E-state index in [1.54, 1.807) is 0 Å². The predicted octanol–water partition coefficient (Wildman–Crippen LogP) is -0.0201. The van der Waals surface area contributed by atoms with Gasteiger partial charge in [-0.2, -0.15) is 0 Å². The summed E-state index contributed by atoms with van der Waals surface area (Å²) in [7, 11) is 0. The highest BCUT2D eigenvalue weighted by molar-refractivity contribution is 5.77. The smallest absolute Gasteiger partial charge is 0.334 e. The van der Waals surface area contributed by atoms with E-state index in [1.807, 2.05) is 11.0 Å². The van der Waals surface area contributed by atoms with Crippen molar-refractivity contribution in [2.75, 3.05) is 13.1 Å². The van der Waals surface area contributed by atoms with Gasteiger partial charge in [-0.1, -0.05) is 11.0 Å². The molecule has 1 radical (unpaired) electrons. The summed E-state index contributed by atoms with van der Waals surface area (Å²) in [5, 5.41) is 7.06. The monoisotopic (exact) mass is 125 g/mol. The number of nitrogens with two attached hydrogens (primary N) is 1. The van der Waals surface area contributed by atoms with Crippen LogP contribution in [0.5, 0.6) is 0 Å². The van der Waals surface area contributed by atoms with Gasteiger partial charge < -0.3 is 5.73 Å². The molecule has 3 N–H and O–H groups in total. The normalized spacial score (nSPS) is 20.0. The average Bonchev–Trinajstić information content (AvgIpc) is 1.90. The standard InChI is InChI=1S/C6H11N3/c7-6(8)9-4-2-1-3-5-9/h1-2H,3-5H2,(H3,7,8)/q+1. The molecule has 0 aromatic rings. The van der Waals surface area contributed by atoms with E-state index in [0.29, 0.717) is 0 Å². The molecule has 0 aromatic heterocycles. The van der Waals surface area contributed by atoms with Crippen molar-refractivity contribution in [2.24, 2.45) is 5.73 Å². The number of hydrogen-bond acceptors (Lipinski definition) is 1. The van der Waals surface area contributed by atoms with Crippen LogP contribution in [0.3, 0.4) is 0 Å². The van der Waals surface area contributed by atoms with Gasteiger partial charge in [-0.05, 0) is 6.08 Å². The minimum Gasteiger partial charge on any atom is -0.334 e. The Bertz CT molecular complexity index is 139. The van der Waals surface area contributed by atoms with Gasteiger partial charge in [0.15, 0.2) is 0 Å². The van der Waals surface area contributed by atoms with Crippen molar-refractivity contribution in [3.05, 3.63) is 12.2 Å². The Kier molecular flexibility index (Phi) is 1.85. The van der Waals surface area contributed by atoms with Gasteiger partial charge in [-0.15, -0.1) is 0 Å². The quantitative estimate of drug-likeness (QED) is 0.203. The third kappa shape index (κ3) is 1.54. The summed E-state index contributed by atoms with van der Waals surface area (Å²) >= 11 is 0. The van der Waals surface area contributed by atoms with Crippen molar-refractivity contribution in [1.82, 2.24) is 4.90 Å². The molecule has 1 aliphatic heterocycles. The largest absolute Gasteiger partial charge is 0.341 e. The van der Waals surface area contributed by atoms with Crippen molar-refractivity contribution in [1.29, 1.82) is 5.41 Å². The molecule has 0 spiro atoms. The first-order valence-electron chi connectivity index (χ1n) is 3.04. The van der Waals surface area contributed by atoms with E-state index in [4.69, 9.17) is 11.1 Å². The maximum absolute atomic E-state index is 7.06. The van der Waals surface area contributed by atoms with E-state index < -0.39 is 0 Å². The summed E-state index contributed by atoms with van der Waals surface area (Å²) in [6, 6.07) is 0. The second-order valence-corrected chi connectivity index (χ2v) is 2.09. The van der Waals surface area contributed by atoms with Gasteiger partial charge in [0.2, 0.25) is 0 Å². The summed E-state index contributed by atoms with van der Waals surface area (Å²) < 4.78 is 0. The third-order valence-corrected chi connectivity index (χ3v) is 1.40. The Morgan fingerprint density at radius 2 is 2.33 bits per heavy atom. The summed E-state index contributed by atoms with van der Waals surface area (Å²) in [5.41, 5.74) is 5.24.